The molecule has 440 valence electrons. The zero-order chi connectivity index (χ0) is 53.6. The molecule has 6 N–H and O–H groups in total. The smallest absolute Gasteiger partial charge is 0.220 e. The molecule has 0 aliphatic carbocycles. The van der Waals surface area contributed by atoms with Crippen molar-refractivity contribution >= 4 is 5.91 Å². The Morgan fingerprint density at radius 3 is 1.05 bits per heavy atom. The van der Waals surface area contributed by atoms with Crippen molar-refractivity contribution in [3.63, 3.8) is 0 Å². The molecule has 0 saturated carbocycles. The van der Waals surface area contributed by atoms with Gasteiger partial charge in [0.25, 0.3) is 0 Å². The van der Waals surface area contributed by atoms with Gasteiger partial charge in [0, 0.05) is 6.42 Å². The molecule has 1 fully saturated rings. The van der Waals surface area contributed by atoms with Crippen molar-refractivity contribution in [3.8, 4) is 0 Å². The van der Waals surface area contributed by atoms with E-state index in [1.54, 1.807) is 6.08 Å². The number of aliphatic hydroxyl groups excluding tert-OH is 5. The van der Waals surface area contributed by atoms with Crippen molar-refractivity contribution in [1.29, 1.82) is 0 Å². The minimum atomic E-state index is -1.56. The van der Waals surface area contributed by atoms with Crippen molar-refractivity contribution in [2.75, 3.05) is 13.2 Å². The van der Waals surface area contributed by atoms with Crippen LogP contribution in [0, 0.1) is 0 Å². The first-order valence-electron chi connectivity index (χ1n) is 32.9. The molecule has 0 bridgehead atoms. The van der Waals surface area contributed by atoms with Gasteiger partial charge in [0.1, 0.15) is 24.4 Å². The second-order valence-corrected chi connectivity index (χ2v) is 23.3. The standard InChI is InChI=1S/C65H127NO8/c1-3-5-7-9-11-13-15-17-19-21-23-25-27-28-29-30-31-33-34-36-38-40-42-44-46-48-50-52-54-59(68)58(57-73-65-64(72)63(71)62(70)60(56-67)74-65)66-61(69)55-53-51-49-47-45-43-41-39-37-35-32-26-24-22-20-18-16-14-12-10-8-6-4-2/h52,54,58-60,62-65,67-68,70-72H,3-51,53,55-57H2,1-2H3,(H,66,69)/b54-52+. The maximum atomic E-state index is 13.1. The van der Waals surface area contributed by atoms with E-state index < -0.39 is 49.5 Å². The second kappa shape index (κ2) is 55.3. The second-order valence-electron chi connectivity index (χ2n) is 23.3. The Morgan fingerprint density at radius 1 is 0.446 bits per heavy atom. The molecule has 0 aromatic carbocycles. The monoisotopic (exact) mass is 1050 g/mol. The van der Waals surface area contributed by atoms with E-state index >= 15 is 0 Å². The van der Waals surface area contributed by atoms with Gasteiger partial charge in [-0.1, -0.05) is 328 Å². The van der Waals surface area contributed by atoms with Gasteiger partial charge in [-0.2, -0.15) is 0 Å². The van der Waals surface area contributed by atoms with Gasteiger partial charge in [0.15, 0.2) is 6.29 Å². The first-order chi connectivity index (χ1) is 36.3. The fourth-order valence-corrected chi connectivity index (χ4v) is 10.9. The van der Waals surface area contributed by atoms with E-state index in [0.29, 0.717) is 6.42 Å². The van der Waals surface area contributed by atoms with Gasteiger partial charge < -0.3 is 40.3 Å². The highest BCUT2D eigenvalue weighted by atomic mass is 16.7. The highest BCUT2D eigenvalue weighted by molar-refractivity contribution is 5.76. The molecule has 0 radical (unpaired) electrons. The van der Waals surface area contributed by atoms with Crippen LogP contribution in [0.2, 0.25) is 0 Å². The van der Waals surface area contributed by atoms with Crippen molar-refractivity contribution in [3.05, 3.63) is 12.2 Å². The van der Waals surface area contributed by atoms with E-state index in [0.717, 1.165) is 38.5 Å². The first-order valence-corrected chi connectivity index (χ1v) is 32.9. The van der Waals surface area contributed by atoms with Crippen LogP contribution in [0.4, 0.5) is 0 Å². The molecule has 74 heavy (non-hydrogen) atoms. The van der Waals surface area contributed by atoms with Crippen molar-refractivity contribution < 1.29 is 39.8 Å². The molecule has 7 atom stereocenters. The van der Waals surface area contributed by atoms with Crippen LogP contribution in [-0.2, 0) is 14.3 Å². The molecule has 9 heteroatoms. The molecule has 1 rings (SSSR count). The van der Waals surface area contributed by atoms with Gasteiger partial charge in [-0.05, 0) is 19.3 Å². The Balaban J connectivity index is 2.15. The van der Waals surface area contributed by atoms with Crippen LogP contribution in [-0.4, -0.2) is 87.5 Å². The summed E-state index contributed by atoms with van der Waals surface area (Å²) in [6.07, 6.45) is 63.0. The maximum Gasteiger partial charge on any atom is 0.220 e. The molecule has 0 aromatic heterocycles. The van der Waals surface area contributed by atoms with Crippen molar-refractivity contribution in [1.82, 2.24) is 5.32 Å². The van der Waals surface area contributed by atoms with Gasteiger partial charge in [0.2, 0.25) is 5.91 Å². The summed E-state index contributed by atoms with van der Waals surface area (Å²) in [5.41, 5.74) is 0. The summed E-state index contributed by atoms with van der Waals surface area (Å²) in [6.45, 7) is 3.84. The van der Waals surface area contributed by atoms with Crippen LogP contribution >= 0.6 is 0 Å². The highest BCUT2D eigenvalue weighted by Crippen LogP contribution is 2.23. The van der Waals surface area contributed by atoms with Crippen molar-refractivity contribution in [2.45, 2.75) is 384 Å². The van der Waals surface area contributed by atoms with Gasteiger partial charge in [0.05, 0.1) is 25.4 Å². The molecule has 9 nitrogen and oxygen atoms in total. The van der Waals surface area contributed by atoms with Gasteiger partial charge in [-0.3, -0.25) is 4.79 Å². The molecule has 1 amide bonds. The number of hydrogen-bond acceptors (Lipinski definition) is 8. The molecular formula is C65H127NO8. The lowest BCUT2D eigenvalue weighted by atomic mass is 9.99. The summed E-state index contributed by atoms with van der Waals surface area (Å²) in [7, 11) is 0. The number of amides is 1. The number of rotatable bonds is 58. The summed E-state index contributed by atoms with van der Waals surface area (Å²) in [4.78, 5) is 13.1. The van der Waals surface area contributed by atoms with Crippen LogP contribution in [0.3, 0.4) is 0 Å². The molecule has 0 aromatic rings. The van der Waals surface area contributed by atoms with E-state index in [9.17, 15) is 30.3 Å². The van der Waals surface area contributed by atoms with E-state index in [4.69, 9.17) is 9.47 Å². The van der Waals surface area contributed by atoms with Gasteiger partial charge >= 0.3 is 0 Å². The van der Waals surface area contributed by atoms with E-state index in [1.165, 1.54) is 283 Å². The highest BCUT2D eigenvalue weighted by Gasteiger charge is 2.44. The van der Waals surface area contributed by atoms with E-state index in [-0.39, 0.29) is 12.5 Å². The number of ether oxygens (including phenoxy) is 2. The Bertz CT molecular complexity index is 1170. The number of aliphatic hydroxyl groups is 5. The molecule has 1 heterocycles. The molecule has 1 saturated heterocycles. The number of carbonyl (C=O) groups excluding carboxylic acids is 1. The molecule has 7 unspecified atom stereocenters. The largest absolute Gasteiger partial charge is 0.394 e. The third kappa shape index (κ3) is 43.9. The summed E-state index contributed by atoms with van der Waals surface area (Å²) < 4.78 is 11.3. The minimum absolute atomic E-state index is 0.168. The third-order valence-electron chi connectivity index (χ3n) is 16.1. The summed E-state index contributed by atoms with van der Waals surface area (Å²) in [5, 5.41) is 54.7. The maximum absolute atomic E-state index is 13.1. The summed E-state index contributed by atoms with van der Waals surface area (Å²) in [6, 6.07) is -0.801. The Labute approximate surface area is 458 Å². The fourth-order valence-electron chi connectivity index (χ4n) is 10.9. The fraction of sp³-hybridized carbons (Fsp3) is 0.954. The predicted octanol–water partition coefficient (Wildman–Crippen LogP) is 17.1. The van der Waals surface area contributed by atoms with Gasteiger partial charge in [-0.25, -0.2) is 0 Å². The summed E-state index contributed by atoms with van der Waals surface area (Å²) >= 11 is 0. The Kier molecular flexibility index (Phi) is 53.0. The quantitative estimate of drug-likeness (QED) is 0.0261. The van der Waals surface area contributed by atoms with Crippen LogP contribution in [0.15, 0.2) is 12.2 Å². The number of carbonyl (C=O) groups is 1. The molecular weight excluding hydrogens is 923 g/mol. The molecule has 1 aliphatic rings. The normalized spacial score (nSPS) is 18.9. The number of hydrogen-bond donors (Lipinski definition) is 6. The SMILES string of the molecule is CCCCCCCCCCCCCCCCCCCCCCCCCCCC/C=C/C(O)C(COC1OC(CO)C(O)C(O)C1O)NC(=O)CCCCCCCCCCCCCCCCCCCCCCCCC. The lowest BCUT2D eigenvalue weighted by molar-refractivity contribution is -0.302. The van der Waals surface area contributed by atoms with E-state index in [1.807, 2.05) is 6.08 Å². The third-order valence-corrected chi connectivity index (χ3v) is 16.1. The van der Waals surface area contributed by atoms with Crippen LogP contribution in [0.5, 0.6) is 0 Å². The number of nitrogens with one attached hydrogen (secondary N) is 1. The predicted molar refractivity (Wildman–Crippen MR) is 314 cm³/mol. The number of allylic oxidation sites excluding steroid dienone is 1. The van der Waals surface area contributed by atoms with Crippen LogP contribution in [0.25, 0.3) is 0 Å². The number of unbranched alkanes of at least 4 members (excludes halogenated alkanes) is 48. The Morgan fingerprint density at radius 2 is 0.743 bits per heavy atom. The molecule has 1 aliphatic heterocycles. The Hall–Kier alpha value is -1.07. The van der Waals surface area contributed by atoms with Gasteiger partial charge in [-0.15, -0.1) is 0 Å². The zero-order valence-electron chi connectivity index (χ0n) is 49.1. The lowest BCUT2D eigenvalue weighted by Gasteiger charge is -2.40. The van der Waals surface area contributed by atoms with Crippen LogP contribution in [0.1, 0.15) is 341 Å². The average molecular weight is 1050 g/mol. The van der Waals surface area contributed by atoms with Crippen molar-refractivity contribution in [2.24, 2.45) is 0 Å². The summed E-state index contributed by atoms with van der Waals surface area (Å²) in [5.74, 6) is -0.168. The van der Waals surface area contributed by atoms with E-state index in [2.05, 4.69) is 19.2 Å². The topological polar surface area (TPSA) is 149 Å². The van der Waals surface area contributed by atoms with Crippen LogP contribution < -0.4 is 5.32 Å². The molecule has 0 spiro atoms. The minimum Gasteiger partial charge on any atom is -0.394 e. The zero-order valence-corrected chi connectivity index (χ0v) is 49.1. The first kappa shape index (κ1) is 70.9. The average Bonchev–Trinajstić information content (AvgIpc) is 3.40. The lowest BCUT2D eigenvalue weighted by Crippen LogP contribution is -2.60.